The maximum atomic E-state index is 17.1. The molecule has 0 spiro atoms. The number of fused-ring (bicyclic) bond motifs is 4. The van der Waals surface area contributed by atoms with Crippen LogP contribution in [-0.2, 0) is 0 Å². The molecule has 3 fully saturated rings. The first kappa shape index (κ1) is 30.0. The van der Waals surface area contributed by atoms with Crippen molar-refractivity contribution < 1.29 is 27.8 Å². The predicted molar refractivity (Wildman–Crippen MR) is 172 cm³/mol. The monoisotopic (exact) mass is 644 g/mol. The van der Waals surface area contributed by atoms with E-state index in [0.29, 0.717) is 42.6 Å². The summed E-state index contributed by atoms with van der Waals surface area (Å²) in [5.41, 5.74) is -0.743. The number of aromatic hydroxyl groups is 1. The van der Waals surface area contributed by atoms with Crippen molar-refractivity contribution in [2.45, 2.75) is 69.4 Å². The molecule has 6 heterocycles. The van der Waals surface area contributed by atoms with Crippen LogP contribution in [0.5, 0.6) is 17.6 Å². The van der Waals surface area contributed by atoms with E-state index in [1.54, 1.807) is 0 Å². The summed E-state index contributed by atoms with van der Waals surface area (Å²) < 4.78 is 59.3. The van der Waals surface area contributed by atoms with Gasteiger partial charge in [-0.25, -0.2) is 18.2 Å². The number of nitrogens with one attached hydrogen (secondary N) is 1. The summed E-state index contributed by atoms with van der Waals surface area (Å²) in [6.07, 6.45) is 7.38. The number of hydrogen-bond donors (Lipinski definition) is 2. The molecular formula is C35H35F3N6O3. The molecular weight excluding hydrogens is 609 g/mol. The Morgan fingerprint density at radius 1 is 1.19 bits per heavy atom. The van der Waals surface area contributed by atoms with Crippen LogP contribution in [0.1, 0.15) is 45.1 Å². The number of rotatable bonds is 5. The van der Waals surface area contributed by atoms with Crippen LogP contribution in [0.2, 0.25) is 0 Å². The van der Waals surface area contributed by atoms with Crippen LogP contribution in [-0.4, -0.2) is 87.6 Å². The lowest BCUT2D eigenvalue weighted by Crippen LogP contribution is -2.60. The topological polar surface area (TPSA) is 95.9 Å². The van der Waals surface area contributed by atoms with Crippen molar-refractivity contribution in [1.82, 2.24) is 25.2 Å². The molecule has 0 bridgehead atoms. The number of anilines is 1. The first-order valence-electron chi connectivity index (χ1n) is 16.2. The summed E-state index contributed by atoms with van der Waals surface area (Å²) in [6, 6.07) is 5.39. The van der Waals surface area contributed by atoms with Crippen LogP contribution < -0.4 is 19.7 Å². The van der Waals surface area contributed by atoms with Crippen LogP contribution in [0, 0.1) is 24.0 Å². The standard InChI is InChI=1S/C35H35F3N6O3/c1-4-21-16-44-26(14-39-21)18(3)47-33-28-31(41-34(42-32(28)44)46-17-35-9-6-10-43(35)15-20(36)13-35)29(38)30(40-33)24-12-22(45)11-19-7-8-25(37)23(5-2)27(19)24/h2,7-8,11-12,18,20-21,26,39,45H,4,6,9-10,13-17H2,1,3H3/t18-,20-,21-,26+,35+/m1/s1. The number of halogens is 3. The molecule has 0 radical (unpaired) electrons. The highest BCUT2D eigenvalue weighted by Crippen LogP contribution is 2.45. The molecule has 4 aromatic rings. The molecule has 2 aromatic heterocycles. The number of phenolic OH excluding ortho intramolecular Hbond substituents is 1. The second-order valence-electron chi connectivity index (χ2n) is 13.2. The van der Waals surface area contributed by atoms with Gasteiger partial charge < -0.3 is 24.8 Å². The van der Waals surface area contributed by atoms with Gasteiger partial charge in [0.1, 0.15) is 52.9 Å². The Labute approximate surface area is 270 Å². The summed E-state index contributed by atoms with van der Waals surface area (Å²) >= 11 is 0. The number of nitrogens with zero attached hydrogens (tertiary/aromatic N) is 5. The fourth-order valence-electron chi connectivity index (χ4n) is 8.07. The maximum absolute atomic E-state index is 17.1. The van der Waals surface area contributed by atoms with Gasteiger partial charge in [-0.1, -0.05) is 18.9 Å². The van der Waals surface area contributed by atoms with Gasteiger partial charge in [0.05, 0.1) is 17.1 Å². The van der Waals surface area contributed by atoms with E-state index >= 15 is 4.39 Å². The summed E-state index contributed by atoms with van der Waals surface area (Å²) in [7, 11) is 0. The van der Waals surface area contributed by atoms with Crippen molar-refractivity contribution in [3.05, 3.63) is 41.5 Å². The van der Waals surface area contributed by atoms with Gasteiger partial charge in [-0.15, -0.1) is 6.42 Å². The van der Waals surface area contributed by atoms with Crippen molar-refractivity contribution in [3.63, 3.8) is 0 Å². The summed E-state index contributed by atoms with van der Waals surface area (Å²) in [5, 5.41) is 15.2. The van der Waals surface area contributed by atoms with E-state index in [9.17, 15) is 13.9 Å². The third kappa shape index (κ3) is 4.73. The second kappa shape index (κ2) is 11.1. The van der Waals surface area contributed by atoms with E-state index in [-0.39, 0.29) is 64.1 Å². The molecule has 12 heteroatoms. The Bertz CT molecular complexity index is 1970. The first-order valence-corrected chi connectivity index (χ1v) is 16.2. The van der Waals surface area contributed by atoms with Crippen LogP contribution in [0.25, 0.3) is 32.9 Å². The number of hydrogen-bond acceptors (Lipinski definition) is 9. The van der Waals surface area contributed by atoms with Gasteiger partial charge in [0.2, 0.25) is 5.88 Å². The fourth-order valence-corrected chi connectivity index (χ4v) is 8.07. The summed E-state index contributed by atoms with van der Waals surface area (Å²) in [5.74, 6) is 1.28. The van der Waals surface area contributed by atoms with Crippen molar-refractivity contribution >= 4 is 27.5 Å². The Balaban J connectivity index is 1.35. The van der Waals surface area contributed by atoms with Crippen molar-refractivity contribution in [2.24, 2.45) is 0 Å². The van der Waals surface area contributed by atoms with Gasteiger partial charge >= 0.3 is 6.01 Å². The number of alkyl halides is 1. The molecule has 2 aromatic carbocycles. The molecule has 9 nitrogen and oxygen atoms in total. The van der Waals surface area contributed by atoms with Gasteiger partial charge in [0.25, 0.3) is 0 Å². The molecule has 0 unspecified atom stereocenters. The van der Waals surface area contributed by atoms with Crippen LogP contribution >= 0.6 is 0 Å². The minimum atomic E-state index is -0.934. The summed E-state index contributed by atoms with van der Waals surface area (Å²) in [6.45, 7) is 6.55. The van der Waals surface area contributed by atoms with Crippen LogP contribution in [0.15, 0.2) is 24.3 Å². The van der Waals surface area contributed by atoms with Gasteiger partial charge in [0.15, 0.2) is 5.82 Å². The molecule has 2 N–H and O–H groups in total. The Kier molecular flexibility index (Phi) is 7.11. The molecule has 0 aliphatic carbocycles. The highest BCUT2D eigenvalue weighted by molar-refractivity contribution is 6.04. The minimum Gasteiger partial charge on any atom is -0.508 e. The largest absolute Gasteiger partial charge is 0.508 e. The van der Waals surface area contributed by atoms with Crippen LogP contribution in [0.3, 0.4) is 0 Å². The minimum absolute atomic E-state index is 0.0333. The fraction of sp³-hybridized carbons (Fsp3) is 0.457. The normalized spacial score (nSPS) is 26.9. The van der Waals surface area contributed by atoms with Crippen molar-refractivity contribution in [2.75, 3.05) is 37.7 Å². The lowest BCUT2D eigenvalue weighted by atomic mass is 9.95. The SMILES string of the molecule is C#Cc1c(F)ccc2cc(O)cc(-c3nc4c5c(nc(OC[C@@]67CCCN6C[C@H](F)C7)nc5c3F)N3C[C@@H](CC)NC[C@H]3[C@@H](C)O4)c12. The number of ether oxygens (including phenoxy) is 2. The number of phenols is 1. The Hall–Kier alpha value is -4.34. The molecule has 4 aliphatic rings. The quantitative estimate of drug-likeness (QED) is 0.288. The van der Waals surface area contributed by atoms with Gasteiger partial charge in [0, 0.05) is 43.0 Å². The number of aromatic nitrogens is 3. The lowest BCUT2D eigenvalue weighted by Gasteiger charge is -2.42. The van der Waals surface area contributed by atoms with Gasteiger partial charge in [-0.2, -0.15) is 9.97 Å². The third-order valence-corrected chi connectivity index (χ3v) is 10.4. The Morgan fingerprint density at radius 2 is 2.04 bits per heavy atom. The van der Waals surface area contributed by atoms with Crippen molar-refractivity contribution in [3.8, 4) is 41.2 Å². The third-order valence-electron chi connectivity index (χ3n) is 10.4. The van der Waals surface area contributed by atoms with Gasteiger partial charge in [-0.3, -0.25) is 4.90 Å². The zero-order valence-electron chi connectivity index (χ0n) is 26.2. The average Bonchev–Trinajstić information content (AvgIpc) is 3.56. The molecule has 4 aliphatic heterocycles. The summed E-state index contributed by atoms with van der Waals surface area (Å²) in [4.78, 5) is 18.4. The molecule has 244 valence electrons. The Morgan fingerprint density at radius 3 is 2.85 bits per heavy atom. The molecule has 5 atom stereocenters. The van der Waals surface area contributed by atoms with E-state index < -0.39 is 29.4 Å². The van der Waals surface area contributed by atoms with E-state index in [0.717, 1.165) is 25.8 Å². The first-order chi connectivity index (χ1) is 22.7. The molecule has 47 heavy (non-hydrogen) atoms. The lowest BCUT2D eigenvalue weighted by molar-refractivity contribution is 0.107. The van der Waals surface area contributed by atoms with Gasteiger partial charge in [-0.05, 0) is 56.3 Å². The second-order valence-corrected chi connectivity index (χ2v) is 13.2. The zero-order chi connectivity index (χ0) is 32.6. The number of pyridine rings is 1. The van der Waals surface area contributed by atoms with E-state index in [2.05, 4.69) is 37.9 Å². The van der Waals surface area contributed by atoms with E-state index in [4.69, 9.17) is 20.9 Å². The predicted octanol–water partition coefficient (Wildman–Crippen LogP) is 5.10. The number of benzene rings is 2. The molecule has 3 saturated heterocycles. The zero-order valence-corrected chi connectivity index (χ0v) is 26.2. The molecule has 8 rings (SSSR count). The number of piperazine rings is 1. The van der Waals surface area contributed by atoms with E-state index in [1.807, 2.05) is 6.92 Å². The van der Waals surface area contributed by atoms with Crippen molar-refractivity contribution in [1.29, 1.82) is 0 Å². The van der Waals surface area contributed by atoms with Crippen LogP contribution in [0.4, 0.5) is 19.0 Å². The number of terminal acetylenes is 1. The maximum Gasteiger partial charge on any atom is 0.319 e. The average molecular weight is 645 g/mol. The molecule has 0 amide bonds. The smallest absolute Gasteiger partial charge is 0.319 e. The highest BCUT2D eigenvalue weighted by Gasteiger charge is 2.49. The highest BCUT2D eigenvalue weighted by atomic mass is 19.1. The van der Waals surface area contributed by atoms with E-state index in [1.165, 1.54) is 24.3 Å². The molecule has 0 saturated carbocycles.